The van der Waals surface area contributed by atoms with E-state index in [-0.39, 0.29) is 0 Å². The summed E-state index contributed by atoms with van der Waals surface area (Å²) in [5, 5.41) is 3.28. The molecule has 0 radical (unpaired) electrons. The third-order valence-corrected chi connectivity index (χ3v) is 3.77. The highest BCUT2D eigenvalue weighted by Gasteiger charge is 2.18. The number of hydrogen-bond acceptors (Lipinski definition) is 4. The number of anilines is 2. The number of aryl methyl sites for hydroxylation is 1. The van der Waals surface area contributed by atoms with Gasteiger partial charge in [0.15, 0.2) is 0 Å². The lowest BCUT2D eigenvalue weighted by Gasteiger charge is -2.22. The number of nitrogens with one attached hydrogen (secondary N) is 1. The van der Waals surface area contributed by atoms with E-state index in [9.17, 15) is 0 Å². The molecule has 1 aliphatic carbocycles. The van der Waals surface area contributed by atoms with Crippen LogP contribution in [0.5, 0.6) is 0 Å². The fourth-order valence-electron chi connectivity index (χ4n) is 2.74. The molecular formula is C15H26N4. The maximum absolute atomic E-state index is 4.62. The van der Waals surface area contributed by atoms with Crippen molar-refractivity contribution in [2.24, 2.45) is 5.92 Å². The third kappa shape index (κ3) is 4.08. The molecule has 0 spiro atoms. The van der Waals surface area contributed by atoms with Crippen LogP contribution in [0.3, 0.4) is 0 Å². The van der Waals surface area contributed by atoms with Crippen LogP contribution in [0.1, 0.15) is 44.7 Å². The fraction of sp³-hybridized carbons (Fsp3) is 0.733. The minimum absolute atomic E-state index is 0.759. The summed E-state index contributed by atoms with van der Waals surface area (Å²) in [6.07, 6.45) is 6.62. The number of aromatic nitrogens is 2. The van der Waals surface area contributed by atoms with E-state index in [0.29, 0.717) is 0 Å². The molecule has 0 bridgehead atoms. The molecule has 0 aromatic carbocycles. The van der Waals surface area contributed by atoms with Crippen LogP contribution >= 0.6 is 0 Å². The highest BCUT2D eigenvalue weighted by molar-refractivity contribution is 5.44. The summed E-state index contributed by atoms with van der Waals surface area (Å²) in [6.45, 7) is 6.22. The smallest absolute Gasteiger partial charge is 0.224 e. The zero-order valence-corrected chi connectivity index (χ0v) is 12.4. The number of nitrogens with zero attached hydrogens (tertiary/aromatic N) is 3. The molecule has 0 aliphatic heterocycles. The Bertz CT molecular complexity index is 399. The maximum Gasteiger partial charge on any atom is 0.224 e. The maximum atomic E-state index is 4.62. The molecule has 106 valence electrons. The molecule has 1 heterocycles. The Labute approximate surface area is 116 Å². The number of rotatable bonds is 6. The summed E-state index contributed by atoms with van der Waals surface area (Å²) in [4.78, 5) is 11.3. The Hall–Kier alpha value is -1.32. The molecular weight excluding hydrogens is 236 g/mol. The standard InChI is InChI=1S/C15H26N4/c1-4-9-16-15-17-12(2)10-14(18-15)19(3)11-13-7-5-6-8-13/h10,13H,4-9,11H2,1-3H3,(H,16,17,18). The Kier molecular flexibility index (Phi) is 5.00. The van der Waals surface area contributed by atoms with Crippen LogP contribution in [-0.2, 0) is 0 Å². The van der Waals surface area contributed by atoms with E-state index in [2.05, 4.69) is 40.2 Å². The Morgan fingerprint density at radius 2 is 2.05 bits per heavy atom. The molecule has 0 saturated heterocycles. The van der Waals surface area contributed by atoms with E-state index in [1.807, 2.05) is 6.92 Å². The summed E-state index contributed by atoms with van der Waals surface area (Å²) in [5.41, 5.74) is 1.03. The van der Waals surface area contributed by atoms with Crippen LogP contribution in [0.15, 0.2) is 6.07 Å². The molecule has 4 heteroatoms. The van der Waals surface area contributed by atoms with Crippen molar-refractivity contribution in [3.05, 3.63) is 11.8 Å². The van der Waals surface area contributed by atoms with Crippen molar-refractivity contribution in [3.8, 4) is 0 Å². The van der Waals surface area contributed by atoms with Crippen LogP contribution in [0, 0.1) is 12.8 Å². The lowest BCUT2D eigenvalue weighted by molar-refractivity contribution is 0.545. The van der Waals surface area contributed by atoms with Crippen LogP contribution in [-0.4, -0.2) is 30.1 Å². The van der Waals surface area contributed by atoms with E-state index < -0.39 is 0 Å². The minimum Gasteiger partial charge on any atom is -0.359 e. The first-order chi connectivity index (χ1) is 9.19. The molecule has 19 heavy (non-hydrogen) atoms. The van der Waals surface area contributed by atoms with Gasteiger partial charge in [-0.1, -0.05) is 19.8 Å². The Balaban J connectivity index is 2.02. The summed E-state index contributed by atoms with van der Waals surface area (Å²) in [7, 11) is 2.14. The van der Waals surface area contributed by atoms with E-state index in [4.69, 9.17) is 0 Å². The average Bonchev–Trinajstić information content (AvgIpc) is 2.88. The molecule has 0 amide bonds. The second-order valence-corrected chi connectivity index (χ2v) is 5.65. The predicted molar refractivity (Wildman–Crippen MR) is 80.8 cm³/mol. The molecule has 1 aliphatic rings. The SMILES string of the molecule is CCCNc1nc(C)cc(N(C)CC2CCCC2)n1. The lowest BCUT2D eigenvalue weighted by Crippen LogP contribution is -2.25. The predicted octanol–water partition coefficient (Wildman–Crippen LogP) is 3.23. The number of hydrogen-bond donors (Lipinski definition) is 1. The largest absolute Gasteiger partial charge is 0.359 e. The van der Waals surface area contributed by atoms with Crippen molar-refractivity contribution < 1.29 is 0 Å². The molecule has 1 aromatic heterocycles. The van der Waals surface area contributed by atoms with Crippen LogP contribution < -0.4 is 10.2 Å². The van der Waals surface area contributed by atoms with Gasteiger partial charge in [-0.15, -0.1) is 0 Å². The van der Waals surface area contributed by atoms with E-state index in [1.54, 1.807) is 0 Å². The summed E-state index contributed by atoms with van der Waals surface area (Å²) in [6, 6.07) is 2.08. The van der Waals surface area contributed by atoms with Gasteiger partial charge in [-0.2, -0.15) is 4.98 Å². The van der Waals surface area contributed by atoms with Gasteiger partial charge in [0, 0.05) is 31.9 Å². The van der Waals surface area contributed by atoms with Gasteiger partial charge in [0.25, 0.3) is 0 Å². The highest BCUT2D eigenvalue weighted by atomic mass is 15.2. The molecule has 1 fully saturated rings. The van der Waals surface area contributed by atoms with Gasteiger partial charge >= 0.3 is 0 Å². The molecule has 0 atom stereocenters. The van der Waals surface area contributed by atoms with E-state index in [1.165, 1.54) is 25.7 Å². The molecule has 2 rings (SSSR count). The first-order valence-electron chi connectivity index (χ1n) is 7.49. The summed E-state index contributed by atoms with van der Waals surface area (Å²) < 4.78 is 0. The molecule has 4 nitrogen and oxygen atoms in total. The molecule has 1 saturated carbocycles. The fourth-order valence-corrected chi connectivity index (χ4v) is 2.74. The van der Waals surface area contributed by atoms with Gasteiger partial charge in [0.1, 0.15) is 5.82 Å². The zero-order valence-electron chi connectivity index (χ0n) is 12.4. The van der Waals surface area contributed by atoms with Crippen molar-refractivity contribution in [3.63, 3.8) is 0 Å². The van der Waals surface area contributed by atoms with Crippen molar-refractivity contribution >= 4 is 11.8 Å². The second kappa shape index (κ2) is 6.73. The van der Waals surface area contributed by atoms with Crippen molar-refractivity contribution in [2.45, 2.75) is 46.0 Å². The highest BCUT2D eigenvalue weighted by Crippen LogP contribution is 2.26. The Morgan fingerprint density at radius 1 is 1.32 bits per heavy atom. The van der Waals surface area contributed by atoms with E-state index in [0.717, 1.165) is 42.9 Å². The minimum atomic E-state index is 0.759. The van der Waals surface area contributed by atoms with Gasteiger partial charge in [-0.3, -0.25) is 0 Å². The first kappa shape index (κ1) is 14.1. The quantitative estimate of drug-likeness (QED) is 0.854. The lowest BCUT2D eigenvalue weighted by atomic mass is 10.1. The zero-order chi connectivity index (χ0) is 13.7. The normalized spacial score (nSPS) is 15.7. The van der Waals surface area contributed by atoms with Gasteiger partial charge in [-0.05, 0) is 32.1 Å². The summed E-state index contributed by atoms with van der Waals surface area (Å²) in [5.74, 6) is 2.64. The van der Waals surface area contributed by atoms with Gasteiger partial charge in [-0.25, -0.2) is 4.98 Å². The van der Waals surface area contributed by atoms with Crippen LogP contribution in [0.2, 0.25) is 0 Å². The van der Waals surface area contributed by atoms with Crippen LogP contribution in [0.4, 0.5) is 11.8 Å². The third-order valence-electron chi connectivity index (χ3n) is 3.77. The first-order valence-corrected chi connectivity index (χ1v) is 7.49. The average molecular weight is 262 g/mol. The van der Waals surface area contributed by atoms with Crippen molar-refractivity contribution in [1.82, 2.24) is 9.97 Å². The molecule has 1 N–H and O–H groups in total. The van der Waals surface area contributed by atoms with Crippen molar-refractivity contribution in [1.29, 1.82) is 0 Å². The molecule has 0 unspecified atom stereocenters. The van der Waals surface area contributed by atoms with Gasteiger partial charge in [0.05, 0.1) is 0 Å². The van der Waals surface area contributed by atoms with E-state index >= 15 is 0 Å². The monoisotopic (exact) mass is 262 g/mol. The molecule has 1 aromatic rings. The Morgan fingerprint density at radius 3 is 2.74 bits per heavy atom. The van der Waals surface area contributed by atoms with Crippen molar-refractivity contribution in [2.75, 3.05) is 30.4 Å². The van der Waals surface area contributed by atoms with Gasteiger partial charge < -0.3 is 10.2 Å². The summed E-state index contributed by atoms with van der Waals surface area (Å²) >= 11 is 0. The van der Waals surface area contributed by atoms with Gasteiger partial charge in [0.2, 0.25) is 5.95 Å². The van der Waals surface area contributed by atoms with Crippen LogP contribution in [0.25, 0.3) is 0 Å². The topological polar surface area (TPSA) is 41.1 Å². The second-order valence-electron chi connectivity index (χ2n) is 5.65.